The second-order valence-electron chi connectivity index (χ2n) is 6.85. The van der Waals surface area contributed by atoms with E-state index in [4.69, 9.17) is 0 Å². The molecular weight excluding hydrogens is 416 g/mol. The summed E-state index contributed by atoms with van der Waals surface area (Å²) in [4.78, 5) is 27.2. The molecule has 5 heteroatoms. The Labute approximate surface area is 172 Å². The third kappa shape index (κ3) is 3.58. The zero-order chi connectivity index (χ0) is 19.7. The zero-order valence-corrected chi connectivity index (χ0v) is 16.9. The van der Waals surface area contributed by atoms with E-state index in [-0.39, 0.29) is 11.8 Å². The van der Waals surface area contributed by atoms with E-state index in [0.29, 0.717) is 17.7 Å². The molecule has 1 atom stereocenters. The van der Waals surface area contributed by atoms with E-state index in [1.165, 1.54) is 0 Å². The predicted octanol–water partition coefficient (Wildman–Crippen LogP) is 4.43. The summed E-state index contributed by atoms with van der Waals surface area (Å²) >= 11 is 3.39. The van der Waals surface area contributed by atoms with Gasteiger partial charge in [-0.1, -0.05) is 70.5 Å². The van der Waals surface area contributed by atoms with Crippen LogP contribution < -0.4 is 10.2 Å². The SMILES string of the molecule is CN1C(=O)C(Cc2ccc(-c3ccccc3)cc2)NC(=O)c2cc(Br)ccc21. The van der Waals surface area contributed by atoms with Gasteiger partial charge in [-0.05, 0) is 34.9 Å². The lowest BCUT2D eigenvalue weighted by atomic mass is 10.00. The molecule has 2 amide bonds. The first-order valence-electron chi connectivity index (χ1n) is 9.05. The summed E-state index contributed by atoms with van der Waals surface area (Å²) in [7, 11) is 1.71. The molecule has 0 bridgehead atoms. The first kappa shape index (κ1) is 18.4. The molecule has 0 radical (unpaired) electrons. The fraction of sp³-hybridized carbons (Fsp3) is 0.130. The number of carbonyl (C=O) groups excluding carboxylic acids is 2. The number of halogens is 1. The largest absolute Gasteiger partial charge is 0.340 e. The third-order valence-electron chi connectivity index (χ3n) is 5.00. The van der Waals surface area contributed by atoms with Crippen LogP contribution in [0.3, 0.4) is 0 Å². The number of hydrogen-bond donors (Lipinski definition) is 1. The molecule has 1 unspecified atom stereocenters. The average Bonchev–Trinajstić information content (AvgIpc) is 2.80. The maximum absolute atomic E-state index is 12.9. The standard InChI is InChI=1S/C23H19BrN2O2/c1-26-21-12-11-18(24)14-19(21)22(27)25-20(23(26)28)13-15-7-9-17(10-8-15)16-5-3-2-4-6-16/h2-12,14,20H,13H2,1H3,(H,25,27). The van der Waals surface area contributed by atoms with E-state index in [1.54, 1.807) is 24.1 Å². The molecule has 4 nitrogen and oxygen atoms in total. The summed E-state index contributed by atoms with van der Waals surface area (Å²) in [5, 5.41) is 2.89. The Hall–Kier alpha value is -2.92. The van der Waals surface area contributed by atoms with Crippen molar-refractivity contribution in [3.8, 4) is 11.1 Å². The van der Waals surface area contributed by atoms with Gasteiger partial charge < -0.3 is 10.2 Å². The Morgan fingerprint density at radius 3 is 2.32 bits per heavy atom. The fourth-order valence-corrected chi connectivity index (χ4v) is 3.83. The molecule has 1 N–H and O–H groups in total. The van der Waals surface area contributed by atoms with Crippen LogP contribution in [0.1, 0.15) is 15.9 Å². The van der Waals surface area contributed by atoms with Crippen molar-refractivity contribution in [1.29, 1.82) is 0 Å². The van der Waals surface area contributed by atoms with Crippen LogP contribution in [0.15, 0.2) is 77.3 Å². The summed E-state index contributed by atoms with van der Waals surface area (Å²) in [5.41, 5.74) is 4.38. The molecule has 0 fully saturated rings. The van der Waals surface area contributed by atoms with Crippen LogP contribution >= 0.6 is 15.9 Å². The van der Waals surface area contributed by atoms with Crippen molar-refractivity contribution in [3.63, 3.8) is 0 Å². The van der Waals surface area contributed by atoms with Crippen LogP contribution in [0.25, 0.3) is 11.1 Å². The van der Waals surface area contributed by atoms with Gasteiger partial charge in [-0.25, -0.2) is 0 Å². The number of carbonyl (C=O) groups is 2. The van der Waals surface area contributed by atoms with E-state index in [2.05, 4.69) is 33.4 Å². The molecule has 1 aliphatic heterocycles. The lowest BCUT2D eigenvalue weighted by Gasteiger charge is -2.21. The highest BCUT2D eigenvalue weighted by atomic mass is 79.9. The van der Waals surface area contributed by atoms with Crippen molar-refractivity contribution in [3.05, 3.63) is 88.4 Å². The molecule has 1 aliphatic rings. The van der Waals surface area contributed by atoms with Gasteiger partial charge in [0.15, 0.2) is 0 Å². The zero-order valence-electron chi connectivity index (χ0n) is 15.4. The molecular formula is C23H19BrN2O2. The number of hydrogen-bond acceptors (Lipinski definition) is 2. The van der Waals surface area contributed by atoms with E-state index >= 15 is 0 Å². The Bertz CT molecular complexity index is 1030. The Balaban J connectivity index is 1.57. The van der Waals surface area contributed by atoms with Crippen LogP contribution in [-0.2, 0) is 11.2 Å². The van der Waals surface area contributed by atoms with Gasteiger partial charge in [0.25, 0.3) is 5.91 Å². The monoisotopic (exact) mass is 434 g/mol. The Morgan fingerprint density at radius 1 is 0.929 bits per heavy atom. The van der Waals surface area contributed by atoms with Crippen LogP contribution in [0.4, 0.5) is 5.69 Å². The van der Waals surface area contributed by atoms with Crippen molar-refractivity contribution < 1.29 is 9.59 Å². The third-order valence-corrected chi connectivity index (χ3v) is 5.49. The highest BCUT2D eigenvalue weighted by molar-refractivity contribution is 9.10. The van der Waals surface area contributed by atoms with Gasteiger partial charge in [0, 0.05) is 17.9 Å². The topological polar surface area (TPSA) is 49.4 Å². The molecule has 0 aromatic heterocycles. The molecule has 3 aromatic carbocycles. The molecule has 1 heterocycles. The quantitative estimate of drug-likeness (QED) is 0.662. The lowest BCUT2D eigenvalue weighted by Crippen LogP contribution is -2.45. The predicted molar refractivity (Wildman–Crippen MR) is 114 cm³/mol. The number of likely N-dealkylation sites (N-methyl/N-ethyl adjacent to an activating group) is 1. The molecule has 0 aliphatic carbocycles. The lowest BCUT2D eigenvalue weighted by molar-refractivity contribution is -0.120. The number of fused-ring (bicyclic) bond motifs is 1. The molecule has 0 saturated heterocycles. The molecule has 28 heavy (non-hydrogen) atoms. The van der Waals surface area contributed by atoms with Gasteiger partial charge >= 0.3 is 0 Å². The van der Waals surface area contributed by atoms with Gasteiger partial charge in [0.1, 0.15) is 6.04 Å². The van der Waals surface area contributed by atoms with E-state index < -0.39 is 6.04 Å². The molecule has 140 valence electrons. The number of nitrogens with one attached hydrogen (secondary N) is 1. The first-order valence-corrected chi connectivity index (χ1v) is 9.84. The normalized spacial score (nSPS) is 16.4. The van der Waals surface area contributed by atoms with Gasteiger partial charge in [0.2, 0.25) is 5.91 Å². The number of anilines is 1. The maximum atomic E-state index is 12.9. The minimum Gasteiger partial charge on any atom is -0.340 e. The van der Waals surface area contributed by atoms with E-state index in [9.17, 15) is 9.59 Å². The van der Waals surface area contributed by atoms with Crippen LogP contribution in [0, 0.1) is 0 Å². The highest BCUT2D eigenvalue weighted by Crippen LogP contribution is 2.27. The van der Waals surface area contributed by atoms with Crippen LogP contribution in [-0.4, -0.2) is 24.9 Å². The second-order valence-corrected chi connectivity index (χ2v) is 7.77. The summed E-state index contributed by atoms with van der Waals surface area (Å²) in [6, 6.07) is 23.0. The number of rotatable bonds is 3. The Kier molecular flexibility index (Phi) is 5.01. The number of nitrogens with zero attached hydrogens (tertiary/aromatic N) is 1. The maximum Gasteiger partial charge on any atom is 0.254 e. The van der Waals surface area contributed by atoms with Crippen LogP contribution in [0.2, 0.25) is 0 Å². The molecule has 3 aromatic rings. The van der Waals surface area contributed by atoms with Gasteiger partial charge in [-0.3, -0.25) is 9.59 Å². The summed E-state index contributed by atoms with van der Waals surface area (Å²) in [6.45, 7) is 0. The van der Waals surface area contributed by atoms with Crippen LogP contribution in [0.5, 0.6) is 0 Å². The molecule has 4 rings (SSSR count). The molecule has 0 saturated carbocycles. The van der Waals surface area contributed by atoms with Gasteiger partial charge in [-0.15, -0.1) is 0 Å². The van der Waals surface area contributed by atoms with E-state index in [0.717, 1.165) is 21.2 Å². The highest BCUT2D eigenvalue weighted by Gasteiger charge is 2.31. The number of amides is 2. The van der Waals surface area contributed by atoms with Crippen molar-refractivity contribution in [2.24, 2.45) is 0 Å². The summed E-state index contributed by atoms with van der Waals surface area (Å²) in [5.74, 6) is -0.360. The van der Waals surface area contributed by atoms with Crippen molar-refractivity contribution in [2.45, 2.75) is 12.5 Å². The minimum atomic E-state index is -0.605. The Morgan fingerprint density at radius 2 is 1.61 bits per heavy atom. The van der Waals surface area contributed by atoms with Crippen molar-refractivity contribution in [1.82, 2.24) is 5.32 Å². The second kappa shape index (κ2) is 7.60. The van der Waals surface area contributed by atoms with Crippen molar-refractivity contribution >= 4 is 33.4 Å². The van der Waals surface area contributed by atoms with Crippen molar-refractivity contribution in [2.75, 3.05) is 11.9 Å². The van der Waals surface area contributed by atoms with E-state index in [1.807, 2.05) is 48.5 Å². The van der Waals surface area contributed by atoms with Gasteiger partial charge in [0.05, 0.1) is 11.3 Å². The number of benzene rings is 3. The fourth-order valence-electron chi connectivity index (χ4n) is 3.47. The van der Waals surface area contributed by atoms with Gasteiger partial charge in [-0.2, -0.15) is 0 Å². The average molecular weight is 435 g/mol. The summed E-state index contributed by atoms with van der Waals surface area (Å²) in [6.07, 6.45) is 0.444. The summed E-state index contributed by atoms with van der Waals surface area (Å²) < 4.78 is 0.803. The smallest absolute Gasteiger partial charge is 0.254 e. The minimum absolute atomic E-state index is 0.124. The first-order chi connectivity index (χ1) is 13.5. The molecule has 0 spiro atoms.